The van der Waals surface area contributed by atoms with E-state index in [0.717, 1.165) is 42.4 Å². The summed E-state index contributed by atoms with van der Waals surface area (Å²) in [5.41, 5.74) is 3.00. The lowest BCUT2D eigenvalue weighted by molar-refractivity contribution is -0.141. The summed E-state index contributed by atoms with van der Waals surface area (Å²) >= 11 is 0. The normalized spacial score (nSPS) is 13.3. The third kappa shape index (κ3) is 14.3. The zero-order valence-corrected chi connectivity index (χ0v) is 46.0. The minimum atomic E-state index is -4.52. The van der Waals surface area contributed by atoms with Gasteiger partial charge in [-0.3, -0.25) is 9.97 Å². The van der Waals surface area contributed by atoms with Crippen LogP contribution in [0.4, 0.5) is 39.5 Å². The fourth-order valence-electron chi connectivity index (χ4n) is 9.36. The van der Waals surface area contributed by atoms with Gasteiger partial charge < -0.3 is 37.9 Å². The van der Waals surface area contributed by atoms with Gasteiger partial charge in [-0.15, -0.1) is 0 Å². The molecule has 0 aliphatic carbocycles. The number of carboxylic acids is 1. The first kappa shape index (κ1) is 60.4. The summed E-state index contributed by atoms with van der Waals surface area (Å²) < 4.78 is 153. The zero-order chi connectivity index (χ0) is 61.6. The van der Waals surface area contributed by atoms with Crippen LogP contribution in [0.2, 0.25) is 0 Å². The number of esters is 1. The van der Waals surface area contributed by atoms with E-state index in [9.17, 15) is 41.0 Å². The topological polar surface area (TPSA) is 188 Å². The molecular weight excluding hydrogens is 1160 g/mol. The average molecular weight is 1210 g/mol. The number of methoxy groups -OCH3 is 2. The van der Waals surface area contributed by atoms with Crippen LogP contribution in [-0.4, -0.2) is 89.6 Å². The number of carboxylic acid groups (broad SMARTS) is 1. The van der Waals surface area contributed by atoms with Crippen molar-refractivity contribution in [2.45, 2.75) is 64.0 Å². The van der Waals surface area contributed by atoms with Crippen LogP contribution in [0.5, 0.6) is 11.8 Å². The number of nitrogens with zero attached hydrogens (tertiary/aromatic N) is 8. The predicted octanol–water partition coefficient (Wildman–Crippen LogP) is 12.7. The number of benzene rings is 4. The second kappa shape index (κ2) is 25.8. The van der Waals surface area contributed by atoms with Crippen LogP contribution >= 0.6 is 0 Å². The highest BCUT2D eigenvalue weighted by Gasteiger charge is 2.33. The van der Waals surface area contributed by atoms with Crippen LogP contribution in [-0.2, 0) is 65.7 Å². The van der Waals surface area contributed by atoms with Gasteiger partial charge in [0.15, 0.2) is 0 Å². The summed E-state index contributed by atoms with van der Waals surface area (Å²) in [6.07, 6.45) is -6.05. The Hall–Kier alpha value is -9.75. The highest BCUT2D eigenvalue weighted by atomic mass is 19.4. The number of rotatable bonds is 19. The molecule has 10 aromatic rings. The maximum absolute atomic E-state index is 15.4. The van der Waals surface area contributed by atoms with E-state index in [1.54, 1.807) is 59.2 Å². The quantitative estimate of drug-likeness (QED) is 0.0595. The minimum Gasteiger partial charge on any atom is -0.478 e. The van der Waals surface area contributed by atoms with Crippen molar-refractivity contribution in [1.29, 1.82) is 0 Å². The standard InChI is InChI=1S/C32H26F4N4O4.C30H23F5N4O4/c1-42-31(41)21-7-9-26-27(15-21)40(17-22-11-12-43-22)29(38-26)14-19-5-8-23(24(33)13-19)25-3-2-4-30(39-25)44-18-20-6-10-28(37-16-20)32(34,35)36;1-42-10-9-39-26-12-17(29(40)41)5-8-25(26)37-27(39)13-18-11-23(32)21(14-22(18)31)24-3-2-4-28(38-24)43-16-20-7-6-19(15-36-20)30(33,34)35/h2-10,13,15-16,22H,11-12,14,17-18H2,1H3;2-8,11-12,14-15H,9-10,13,16H2,1H3,(H,40,41)/t22-;/m0./s1. The third-order valence-corrected chi connectivity index (χ3v) is 13.9. The van der Waals surface area contributed by atoms with Crippen molar-refractivity contribution in [3.05, 3.63) is 214 Å². The van der Waals surface area contributed by atoms with Gasteiger partial charge in [0.05, 0.1) is 82.2 Å². The molecule has 11 rings (SSSR count). The number of aromatic carboxylic acids is 1. The van der Waals surface area contributed by atoms with Crippen LogP contribution in [0.25, 0.3) is 44.6 Å². The first-order chi connectivity index (χ1) is 41.7. The Morgan fingerprint density at radius 1 is 0.632 bits per heavy atom. The first-order valence-corrected chi connectivity index (χ1v) is 26.6. The maximum Gasteiger partial charge on any atom is 0.433 e. The molecule has 87 heavy (non-hydrogen) atoms. The molecule has 25 heteroatoms. The van der Waals surface area contributed by atoms with E-state index in [0.29, 0.717) is 82.9 Å². The van der Waals surface area contributed by atoms with Crippen LogP contribution in [0.1, 0.15) is 72.4 Å². The second-order valence-corrected chi connectivity index (χ2v) is 19.8. The number of carbonyl (C=O) groups is 2. The van der Waals surface area contributed by atoms with Crippen molar-refractivity contribution in [3.8, 4) is 34.3 Å². The van der Waals surface area contributed by atoms with Crippen molar-refractivity contribution >= 4 is 34.0 Å². The molecule has 16 nitrogen and oxygen atoms in total. The molecule has 0 bridgehead atoms. The maximum atomic E-state index is 15.4. The Morgan fingerprint density at radius 2 is 1.28 bits per heavy atom. The summed E-state index contributed by atoms with van der Waals surface area (Å²) in [4.78, 5) is 48.7. The lowest BCUT2D eigenvalue weighted by Gasteiger charge is -2.27. The van der Waals surface area contributed by atoms with Gasteiger partial charge >= 0.3 is 24.3 Å². The lowest BCUT2D eigenvalue weighted by Crippen LogP contribution is -2.31. The molecule has 1 atom stereocenters. The molecule has 448 valence electrons. The van der Waals surface area contributed by atoms with E-state index in [4.69, 9.17) is 28.7 Å². The molecular formula is C62H49F9N8O8. The summed E-state index contributed by atoms with van der Waals surface area (Å²) in [7, 11) is 2.84. The fourth-order valence-corrected chi connectivity index (χ4v) is 9.36. The van der Waals surface area contributed by atoms with Gasteiger partial charge in [-0.2, -0.15) is 26.3 Å². The number of ether oxygens (including phenoxy) is 5. The molecule has 0 saturated carbocycles. The molecule has 1 fully saturated rings. The van der Waals surface area contributed by atoms with Crippen molar-refractivity contribution < 1.29 is 77.9 Å². The summed E-state index contributed by atoms with van der Waals surface area (Å²) in [5, 5.41) is 9.38. The van der Waals surface area contributed by atoms with Crippen molar-refractivity contribution in [1.82, 2.24) is 39.0 Å². The molecule has 4 aromatic carbocycles. The summed E-state index contributed by atoms with van der Waals surface area (Å²) in [6, 6.07) is 30.1. The SMILES string of the molecule is COC(=O)c1ccc2nc(Cc3ccc(-c4cccc(OCc5ccc(C(F)(F)F)nc5)n4)c(F)c3)n(C[C@@H]3CCO3)c2c1.COCCn1c(Cc2cc(F)c(-c3cccc(OCc4ccc(C(F)(F)F)cn4)n3)cc2F)nc2ccc(C(=O)O)cc21. The van der Waals surface area contributed by atoms with Gasteiger partial charge in [-0.1, -0.05) is 24.3 Å². The van der Waals surface area contributed by atoms with Crippen molar-refractivity contribution in [3.63, 3.8) is 0 Å². The molecule has 0 amide bonds. The number of hydrogen-bond acceptors (Lipinski definition) is 13. The molecule has 7 heterocycles. The van der Waals surface area contributed by atoms with Crippen LogP contribution < -0.4 is 9.47 Å². The molecule has 0 radical (unpaired) electrons. The second-order valence-electron chi connectivity index (χ2n) is 19.8. The van der Waals surface area contributed by atoms with E-state index < -0.39 is 53.0 Å². The van der Waals surface area contributed by atoms with Gasteiger partial charge in [-0.25, -0.2) is 42.7 Å². The fraction of sp³-hybridized carbons (Fsp3) is 0.226. The number of carbonyl (C=O) groups excluding carboxylic acids is 1. The van der Waals surface area contributed by atoms with Gasteiger partial charge in [0, 0.05) is 74.3 Å². The average Bonchev–Trinajstić information content (AvgIpc) is 1.93. The van der Waals surface area contributed by atoms with Crippen molar-refractivity contribution in [2.24, 2.45) is 0 Å². The molecule has 1 aliphatic rings. The zero-order valence-electron chi connectivity index (χ0n) is 46.0. The Kier molecular flexibility index (Phi) is 17.9. The Bertz CT molecular complexity index is 4140. The van der Waals surface area contributed by atoms with E-state index >= 15 is 13.2 Å². The smallest absolute Gasteiger partial charge is 0.433 e. The molecule has 0 spiro atoms. The number of aromatic nitrogens is 8. The van der Waals surface area contributed by atoms with Gasteiger partial charge in [0.2, 0.25) is 11.8 Å². The van der Waals surface area contributed by atoms with Gasteiger partial charge in [0.25, 0.3) is 0 Å². The number of hydrogen-bond donors (Lipinski definition) is 1. The number of pyridine rings is 4. The number of alkyl halides is 6. The first-order valence-electron chi connectivity index (χ1n) is 26.6. The Labute approximate surface area is 488 Å². The highest BCUT2D eigenvalue weighted by molar-refractivity contribution is 5.94. The van der Waals surface area contributed by atoms with E-state index in [2.05, 4.69) is 24.9 Å². The minimum absolute atomic E-state index is 0.0227. The Morgan fingerprint density at radius 3 is 1.87 bits per heavy atom. The summed E-state index contributed by atoms with van der Waals surface area (Å²) in [5.74, 6) is -2.18. The van der Waals surface area contributed by atoms with Crippen LogP contribution in [0.3, 0.4) is 0 Å². The van der Waals surface area contributed by atoms with Crippen LogP contribution in [0.15, 0.2) is 140 Å². The molecule has 1 aliphatic heterocycles. The van der Waals surface area contributed by atoms with E-state index in [-0.39, 0.29) is 77.7 Å². The van der Waals surface area contributed by atoms with Gasteiger partial charge in [-0.05, 0) is 109 Å². The monoisotopic (exact) mass is 1200 g/mol. The molecule has 1 saturated heterocycles. The number of imidazole rings is 2. The van der Waals surface area contributed by atoms with Crippen LogP contribution in [0, 0.1) is 17.5 Å². The molecule has 1 N–H and O–H groups in total. The Balaban J connectivity index is 0.000000193. The predicted molar refractivity (Wildman–Crippen MR) is 296 cm³/mol. The molecule has 6 aromatic heterocycles. The number of fused-ring (bicyclic) bond motifs is 2. The van der Waals surface area contributed by atoms with E-state index in [1.807, 2.05) is 4.57 Å². The lowest BCUT2D eigenvalue weighted by atomic mass is 10.0. The largest absolute Gasteiger partial charge is 0.478 e. The summed E-state index contributed by atoms with van der Waals surface area (Å²) in [6.45, 7) is 1.59. The third-order valence-electron chi connectivity index (χ3n) is 13.9. The van der Waals surface area contributed by atoms with Gasteiger partial charge in [0.1, 0.15) is 48.0 Å². The highest BCUT2D eigenvalue weighted by Crippen LogP contribution is 2.33. The molecule has 0 unspecified atom stereocenters. The van der Waals surface area contributed by atoms with E-state index in [1.165, 1.54) is 62.8 Å². The number of halogens is 9. The van der Waals surface area contributed by atoms with Crippen molar-refractivity contribution in [2.75, 3.05) is 27.4 Å².